The second kappa shape index (κ2) is 7.94. The maximum atomic E-state index is 11.7. The maximum absolute atomic E-state index is 11.7. The highest BCUT2D eigenvalue weighted by Crippen LogP contribution is 2.12. The minimum Gasteiger partial charge on any atom is -0.467 e. The van der Waals surface area contributed by atoms with Crippen molar-refractivity contribution in [1.82, 2.24) is 5.32 Å². The average Bonchev–Trinajstić information content (AvgIpc) is 2.45. The zero-order valence-electron chi connectivity index (χ0n) is 13.8. The predicted octanol–water partition coefficient (Wildman–Crippen LogP) is 2.01. The van der Waals surface area contributed by atoms with Crippen LogP contribution in [0, 0.1) is 0 Å². The Hall–Kier alpha value is -1.88. The van der Waals surface area contributed by atoms with E-state index in [9.17, 15) is 9.59 Å². The van der Waals surface area contributed by atoms with Crippen molar-refractivity contribution in [3.63, 3.8) is 0 Å². The van der Waals surface area contributed by atoms with Crippen LogP contribution in [0.4, 0.5) is 0 Å². The van der Waals surface area contributed by atoms with E-state index in [1.165, 1.54) is 19.2 Å². The molecule has 1 atom stereocenters. The first-order valence-corrected chi connectivity index (χ1v) is 10.6. The molecule has 0 aromatic heterocycles. The van der Waals surface area contributed by atoms with Gasteiger partial charge in [-0.05, 0) is 11.6 Å². The lowest BCUT2D eigenvalue weighted by molar-refractivity contribution is -0.144. The molecule has 5 heteroatoms. The SMILES string of the molecule is C=CC[Si](C)(C)c1ccc(CC(NC(C)=O)C(=O)OC)cc1. The number of hydrogen-bond acceptors (Lipinski definition) is 3. The highest BCUT2D eigenvalue weighted by molar-refractivity contribution is 6.90. The third kappa shape index (κ3) is 5.15. The van der Waals surface area contributed by atoms with Gasteiger partial charge >= 0.3 is 5.97 Å². The van der Waals surface area contributed by atoms with Gasteiger partial charge in [0.2, 0.25) is 5.91 Å². The van der Waals surface area contributed by atoms with Gasteiger partial charge in [0.25, 0.3) is 0 Å². The van der Waals surface area contributed by atoms with E-state index in [1.54, 1.807) is 0 Å². The number of carbonyl (C=O) groups excluding carboxylic acids is 2. The number of benzene rings is 1. The fourth-order valence-corrected chi connectivity index (χ4v) is 4.41. The third-order valence-electron chi connectivity index (χ3n) is 3.69. The molecular weight excluding hydrogens is 294 g/mol. The highest BCUT2D eigenvalue weighted by atomic mass is 28.3. The minimum absolute atomic E-state index is 0.244. The first kappa shape index (κ1) is 18.2. The summed E-state index contributed by atoms with van der Waals surface area (Å²) in [7, 11) is -0.154. The smallest absolute Gasteiger partial charge is 0.328 e. The maximum Gasteiger partial charge on any atom is 0.328 e. The summed E-state index contributed by atoms with van der Waals surface area (Å²) in [6.45, 7) is 9.83. The average molecular weight is 319 g/mol. The van der Waals surface area contributed by atoms with E-state index in [-0.39, 0.29) is 5.91 Å². The van der Waals surface area contributed by atoms with Crippen LogP contribution in [0.25, 0.3) is 0 Å². The van der Waals surface area contributed by atoms with Crippen LogP contribution in [-0.4, -0.2) is 33.1 Å². The Bertz CT molecular complexity index is 537. The van der Waals surface area contributed by atoms with Gasteiger partial charge in [-0.3, -0.25) is 4.79 Å². The molecule has 0 saturated heterocycles. The van der Waals surface area contributed by atoms with E-state index in [1.807, 2.05) is 18.2 Å². The van der Waals surface area contributed by atoms with E-state index >= 15 is 0 Å². The van der Waals surface area contributed by atoms with Crippen LogP contribution >= 0.6 is 0 Å². The molecule has 1 unspecified atom stereocenters. The Morgan fingerprint density at radius 3 is 2.36 bits per heavy atom. The van der Waals surface area contributed by atoms with Gasteiger partial charge in [-0.2, -0.15) is 0 Å². The summed E-state index contributed by atoms with van der Waals surface area (Å²) in [6, 6.07) is 8.66. The zero-order valence-corrected chi connectivity index (χ0v) is 14.8. The van der Waals surface area contributed by atoms with Crippen LogP contribution in [0.5, 0.6) is 0 Å². The molecule has 0 fully saturated rings. The lowest BCUT2D eigenvalue weighted by atomic mass is 10.1. The van der Waals surface area contributed by atoms with Gasteiger partial charge in [0, 0.05) is 13.3 Å². The molecule has 1 N–H and O–H groups in total. The predicted molar refractivity (Wildman–Crippen MR) is 91.9 cm³/mol. The summed E-state index contributed by atoms with van der Waals surface area (Å²) in [5, 5.41) is 3.98. The number of carbonyl (C=O) groups is 2. The van der Waals surface area contributed by atoms with Crippen molar-refractivity contribution in [3.05, 3.63) is 42.5 Å². The van der Waals surface area contributed by atoms with Crippen LogP contribution in [0.1, 0.15) is 12.5 Å². The molecule has 1 aromatic rings. The molecule has 0 bridgehead atoms. The molecule has 0 aliphatic carbocycles. The van der Waals surface area contributed by atoms with E-state index in [4.69, 9.17) is 4.74 Å². The number of allylic oxidation sites excluding steroid dienone is 1. The Morgan fingerprint density at radius 1 is 1.32 bits per heavy atom. The number of hydrogen-bond donors (Lipinski definition) is 1. The molecule has 0 aliphatic rings. The lowest BCUT2D eigenvalue weighted by Crippen LogP contribution is -2.42. The summed E-state index contributed by atoms with van der Waals surface area (Å²) >= 11 is 0. The first-order chi connectivity index (χ1) is 10.3. The summed E-state index contributed by atoms with van der Waals surface area (Å²) in [4.78, 5) is 22.9. The molecule has 22 heavy (non-hydrogen) atoms. The van der Waals surface area contributed by atoms with Gasteiger partial charge in [0.15, 0.2) is 0 Å². The van der Waals surface area contributed by atoms with Crippen LogP contribution in [0.3, 0.4) is 0 Å². The quantitative estimate of drug-likeness (QED) is 0.475. The first-order valence-electron chi connectivity index (χ1n) is 7.35. The second-order valence-corrected chi connectivity index (χ2v) is 10.8. The van der Waals surface area contributed by atoms with Crippen molar-refractivity contribution in [2.45, 2.75) is 38.5 Å². The summed E-state index contributed by atoms with van der Waals surface area (Å²) < 4.78 is 4.74. The molecule has 0 aliphatic heterocycles. The van der Waals surface area contributed by atoms with Gasteiger partial charge < -0.3 is 10.1 Å². The van der Waals surface area contributed by atoms with Crippen molar-refractivity contribution >= 4 is 25.1 Å². The number of amides is 1. The number of nitrogens with one attached hydrogen (secondary N) is 1. The number of methoxy groups -OCH3 is 1. The van der Waals surface area contributed by atoms with Gasteiger partial charge in [-0.1, -0.05) is 48.6 Å². The number of esters is 1. The fourth-order valence-electron chi connectivity index (χ4n) is 2.39. The molecular formula is C17H25NO3Si. The van der Waals surface area contributed by atoms with E-state index in [0.29, 0.717) is 6.42 Å². The van der Waals surface area contributed by atoms with Crippen molar-refractivity contribution in [2.75, 3.05) is 7.11 Å². The molecule has 0 heterocycles. The Morgan fingerprint density at radius 2 is 1.91 bits per heavy atom. The van der Waals surface area contributed by atoms with E-state index < -0.39 is 20.1 Å². The molecule has 1 aromatic carbocycles. The van der Waals surface area contributed by atoms with Crippen molar-refractivity contribution < 1.29 is 14.3 Å². The van der Waals surface area contributed by atoms with E-state index in [0.717, 1.165) is 11.6 Å². The molecule has 1 amide bonds. The van der Waals surface area contributed by atoms with Crippen LogP contribution < -0.4 is 10.5 Å². The molecule has 120 valence electrons. The summed E-state index contributed by atoms with van der Waals surface area (Å²) in [5.74, 6) is -0.674. The summed E-state index contributed by atoms with van der Waals surface area (Å²) in [5.41, 5.74) is 0.997. The van der Waals surface area contributed by atoms with E-state index in [2.05, 4.69) is 37.1 Å². The van der Waals surface area contributed by atoms with Crippen molar-refractivity contribution in [3.8, 4) is 0 Å². The molecule has 0 saturated carbocycles. The highest BCUT2D eigenvalue weighted by Gasteiger charge is 2.23. The zero-order chi connectivity index (χ0) is 16.8. The third-order valence-corrected chi connectivity index (χ3v) is 6.90. The van der Waals surface area contributed by atoms with Crippen LogP contribution in [-0.2, 0) is 20.7 Å². The molecule has 0 spiro atoms. The van der Waals surface area contributed by atoms with Crippen LogP contribution in [0.15, 0.2) is 36.9 Å². The van der Waals surface area contributed by atoms with Gasteiger partial charge in [-0.15, -0.1) is 6.58 Å². The largest absolute Gasteiger partial charge is 0.467 e. The summed E-state index contributed by atoms with van der Waals surface area (Å²) in [6.07, 6.45) is 2.40. The fraction of sp³-hybridized carbons (Fsp3) is 0.412. The molecule has 1 rings (SSSR count). The molecule has 0 radical (unpaired) electrons. The van der Waals surface area contributed by atoms with Gasteiger partial charge in [0.1, 0.15) is 6.04 Å². The number of ether oxygens (including phenoxy) is 1. The van der Waals surface area contributed by atoms with Crippen LogP contribution in [0.2, 0.25) is 19.1 Å². The molecule has 4 nitrogen and oxygen atoms in total. The number of rotatable bonds is 7. The second-order valence-electron chi connectivity index (χ2n) is 6.05. The Labute approximate surface area is 133 Å². The Balaban J connectivity index is 2.87. The van der Waals surface area contributed by atoms with Gasteiger partial charge in [-0.25, -0.2) is 4.79 Å². The lowest BCUT2D eigenvalue weighted by Gasteiger charge is -2.22. The van der Waals surface area contributed by atoms with Crippen molar-refractivity contribution in [2.24, 2.45) is 0 Å². The minimum atomic E-state index is -1.48. The van der Waals surface area contributed by atoms with Crippen molar-refractivity contribution in [1.29, 1.82) is 0 Å². The monoisotopic (exact) mass is 319 g/mol. The Kier molecular flexibility index (Phi) is 6.55. The topological polar surface area (TPSA) is 55.4 Å². The standard InChI is InChI=1S/C17H25NO3Si/c1-6-11-22(4,5)15-9-7-14(8-10-15)12-16(17(20)21-3)18-13(2)19/h6-10,16H,1,11-12H2,2-5H3,(H,18,19). The van der Waals surface area contributed by atoms with Gasteiger partial charge in [0.05, 0.1) is 15.2 Å². The normalized spacial score (nSPS) is 12.4.